The molecular weight excluding hydrogens is 301 g/mol. The van der Waals surface area contributed by atoms with Crippen molar-refractivity contribution in [2.45, 2.75) is 19.4 Å². The molecule has 4 heteroatoms. The van der Waals surface area contributed by atoms with Crippen LogP contribution in [-0.2, 0) is 6.42 Å². The van der Waals surface area contributed by atoms with Crippen molar-refractivity contribution in [1.82, 2.24) is 0 Å². The summed E-state index contributed by atoms with van der Waals surface area (Å²) >= 11 is 18.2. The van der Waals surface area contributed by atoms with Crippen molar-refractivity contribution >= 4 is 40.5 Å². The lowest BCUT2D eigenvalue weighted by Crippen LogP contribution is -2.05. The molecule has 1 aliphatic heterocycles. The summed E-state index contributed by atoms with van der Waals surface area (Å²) in [7, 11) is 0. The average Bonchev–Trinajstić information content (AvgIpc) is 2.82. The minimum absolute atomic E-state index is 0.224. The van der Waals surface area contributed by atoms with Crippen LogP contribution in [0.1, 0.15) is 22.7 Å². The number of fused-ring (bicyclic) bond motifs is 1. The lowest BCUT2D eigenvalue weighted by atomic mass is 10.0. The fraction of sp³-hybridized carbons (Fsp3) is 0.200. The molecule has 0 spiro atoms. The van der Waals surface area contributed by atoms with E-state index in [2.05, 4.69) is 11.4 Å². The second-order valence-electron chi connectivity index (χ2n) is 4.78. The smallest absolute Gasteiger partial charge is 0.0595 e. The van der Waals surface area contributed by atoms with Crippen LogP contribution in [0.15, 0.2) is 30.3 Å². The summed E-state index contributed by atoms with van der Waals surface area (Å²) in [5, 5.41) is 5.49. The Bertz CT molecular complexity index is 652. The molecule has 0 saturated carbocycles. The minimum atomic E-state index is 0.224. The van der Waals surface area contributed by atoms with E-state index in [1.807, 2.05) is 31.2 Å². The van der Waals surface area contributed by atoms with Crippen LogP contribution >= 0.6 is 34.8 Å². The Morgan fingerprint density at radius 3 is 2.47 bits per heavy atom. The molecule has 19 heavy (non-hydrogen) atoms. The largest absolute Gasteiger partial charge is 0.377 e. The van der Waals surface area contributed by atoms with Crippen LogP contribution in [0.5, 0.6) is 0 Å². The van der Waals surface area contributed by atoms with E-state index in [0.717, 1.165) is 28.3 Å². The molecule has 1 N–H and O–H groups in total. The third-order valence-electron chi connectivity index (χ3n) is 3.57. The van der Waals surface area contributed by atoms with Gasteiger partial charge < -0.3 is 5.32 Å². The highest BCUT2D eigenvalue weighted by atomic mass is 35.5. The zero-order valence-electron chi connectivity index (χ0n) is 10.3. The van der Waals surface area contributed by atoms with Gasteiger partial charge in [-0.25, -0.2) is 0 Å². The summed E-state index contributed by atoms with van der Waals surface area (Å²) in [6.45, 7) is 2.03. The summed E-state index contributed by atoms with van der Waals surface area (Å²) < 4.78 is 0. The van der Waals surface area contributed by atoms with Crippen LogP contribution in [0.25, 0.3) is 0 Å². The van der Waals surface area contributed by atoms with Crippen molar-refractivity contribution in [2.75, 3.05) is 5.32 Å². The highest BCUT2D eigenvalue weighted by Crippen LogP contribution is 2.39. The van der Waals surface area contributed by atoms with E-state index in [1.54, 1.807) is 0 Å². The number of hydrogen-bond acceptors (Lipinski definition) is 1. The lowest BCUT2D eigenvalue weighted by Gasteiger charge is -2.13. The summed E-state index contributed by atoms with van der Waals surface area (Å²) in [6, 6.07) is 10.0. The van der Waals surface area contributed by atoms with Crippen LogP contribution in [0.4, 0.5) is 5.69 Å². The maximum Gasteiger partial charge on any atom is 0.0595 e. The molecule has 1 heterocycles. The topological polar surface area (TPSA) is 12.0 Å². The molecule has 98 valence electrons. The van der Waals surface area contributed by atoms with Gasteiger partial charge in [0.1, 0.15) is 0 Å². The van der Waals surface area contributed by atoms with Gasteiger partial charge in [-0.3, -0.25) is 0 Å². The maximum absolute atomic E-state index is 6.15. The first kappa shape index (κ1) is 13.1. The van der Waals surface area contributed by atoms with Crippen molar-refractivity contribution in [3.05, 3.63) is 62.1 Å². The molecule has 0 radical (unpaired) electrons. The fourth-order valence-electron chi connectivity index (χ4n) is 2.49. The Morgan fingerprint density at radius 2 is 1.74 bits per heavy atom. The number of anilines is 1. The second-order valence-corrected chi connectivity index (χ2v) is 6.00. The highest BCUT2D eigenvalue weighted by Gasteiger charge is 2.24. The first-order chi connectivity index (χ1) is 9.06. The van der Waals surface area contributed by atoms with E-state index in [0.29, 0.717) is 10.0 Å². The van der Waals surface area contributed by atoms with Crippen molar-refractivity contribution in [2.24, 2.45) is 0 Å². The third-order valence-corrected chi connectivity index (χ3v) is 4.72. The molecule has 1 unspecified atom stereocenters. The molecule has 2 aromatic carbocycles. The Balaban J connectivity index is 1.95. The van der Waals surface area contributed by atoms with E-state index in [1.165, 1.54) is 5.56 Å². The number of rotatable bonds is 1. The Hall–Kier alpha value is -0.890. The standard InChI is InChI=1S/C15H12Cl3N/c1-8-11(16)4-3-10-7-14(19-15(8)10)9-2-5-12(17)13(18)6-9/h2-6,14,19H,7H2,1H3. The number of benzene rings is 2. The zero-order chi connectivity index (χ0) is 13.6. The lowest BCUT2D eigenvalue weighted by molar-refractivity contribution is 0.824. The van der Waals surface area contributed by atoms with Crippen LogP contribution in [0.2, 0.25) is 15.1 Å². The molecule has 0 aromatic heterocycles. The first-order valence-corrected chi connectivity index (χ1v) is 7.19. The average molecular weight is 313 g/mol. The predicted molar refractivity (Wildman–Crippen MR) is 82.7 cm³/mol. The summed E-state index contributed by atoms with van der Waals surface area (Å²) in [4.78, 5) is 0. The monoisotopic (exact) mass is 311 g/mol. The van der Waals surface area contributed by atoms with Gasteiger partial charge >= 0.3 is 0 Å². The van der Waals surface area contributed by atoms with E-state index < -0.39 is 0 Å². The van der Waals surface area contributed by atoms with E-state index in [-0.39, 0.29) is 6.04 Å². The van der Waals surface area contributed by atoms with Gasteiger partial charge in [0.25, 0.3) is 0 Å². The van der Waals surface area contributed by atoms with Crippen molar-refractivity contribution in [3.8, 4) is 0 Å². The van der Waals surface area contributed by atoms with Gasteiger partial charge in [-0.05, 0) is 48.2 Å². The molecule has 1 atom stereocenters. The van der Waals surface area contributed by atoms with Gasteiger partial charge in [0.15, 0.2) is 0 Å². The number of nitrogens with one attached hydrogen (secondary N) is 1. The Morgan fingerprint density at radius 1 is 1.00 bits per heavy atom. The maximum atomic E-state index is 6.15. The highest BCUT2D eigenvalue weighted by molar-refractivity contribution is 6.42. The van der Waals surface area contributed by atoms with Gasteiger partial charge in [-0.15, -0.1) is 0 Å². The molecule has 0 amide bonds. The van der Waals surface area contributed by atoms with E-state index in [4.69, 9.17) is 34.8 Å². The second kappa shape index (κ2) is 4.90. The molecule has 0 fully saturated rings. The molecule has 3 rings (SSSR count). The van der Waals surface area contributed by atoms with Gasteiger partial charge in [0.05, 0.1) is 16.1 Å². The fourth-order valence-corrected chi connectivity index (χ4v) is 2.95. The summed E-state index contributed by atoms with van der Waals surface area (Å²) in [5.74, 6) is 0. The SMILES string of the molecule is Cc1c(Cl)ccc2c1NC(c1ccc(Cl)c(Cl)c1)C2. The number of hydrogen-bond donors (Lipinski definition) is 1. The first-order valence-electron chi connectivity index (χ1n) is 6.05. The summed E-state index contributed by atoms with van der Waals surface area (Å²) in [5.41, 5.74) is 4.67. The van der Waals surface area contributed by atoms with Crippen molar-refractivity contribution in [3.63, 3.8) is 0 Å². The number of halogens is 3. The van der Waals surface area contributed by atoms with Crippen LogP contribution in [0.3, 0.4) is 0 Å². The Labute approximate surface area is 127 Å². The molecule has 0 aliphatic carbocycles. The zero-order valence-corrected chi connectivity index (χ0v) is 12.6. The molecule has 0 bridgehead atoms. The van der Waals surface area contributed by atoms with E-state index in [9.17, 15) is 0 Å². The summed E-state index contributed by atoms with van der Waals surface area (Å²) in [6.07, 6.45) is 0.936. The quantitative estimate of drug-likeness (QED) is 0.716. The predicted octanol–water partition coefficient (Wildman–Crippen LogP) is 5.66. The van der Waals surface area contributed by atoms with Gasteiger partial charge in [-0.2, -0.15) is 0 Å². The van der Waals surface area contributed by atoms with Crippen LogP contribution in [-0.4, -0.2) is 0 Å². The Kier molecular flexibility index (Phi) is 3.38. The van der Waals surface area contributed by atoms with Crippen LogP contribution < -0.4 is 5.32 Å². The van der Waals surface area contributed by atoms with Gasteiger partial charge in [0.2, 0.25) is 0 Å². The van der Waals surface area contributed by atoms with Crippen molar-refractivity contribution < 1.29 is 0 Å². The van der Waals surface area contributed by atoms with Gasteiger partial charge in [-0.1, -0.05) is 46.9 Å². The van der Waals surface area contributed by atoms with Gasteiger partial charge in [0, 0.05) is 10.7 Å². The molecular formula is C15H12Cl3N. The molecule has 1 aliphatic rings. The van der Waals surface area contributed by atoms with Crippen LogP contribution in [0, 0.1) is 6.92 Å². The molecule has 1 nitrogen and oxygen atoms in total. The van der Waals surface area contributed by atoms with E-state index >= 15 is 0 Å². The minimum Gasteiger partial charge on any atom is -0.377 e. The molecule has 0 saturated heterocycles. The normalized spacial score (nSPS) is 17.2. The molecule has 2 aromatic rings. The third kappa shape index (κ3) is 2.31. The van der Waals surface area contributed by atoms with Crippen molar-refractivity contribution in [1.29, 1.82) is 0 Å².